The van der Waals surface area contributed by atoms with Crippen LogP contribution < -0.4 is 10.1 Å². The quantitative estimate of drug-likeness (QED) is 0.939. The first-order valence-corrected chi connectivity index (χ1v) is 8.13. The molecule has 1 saturated carbocycles. The van der Waals surface area contributed by atoms with Crippen molar-refractivity contribution < 1.29 is 9.53 Å². The minimum atomic E-state index is -0.124. The summed E-state index contributed by atoms with van der Waals surface area (Å²) in [6.07, 6.45) is 5.40. The highest BCUT2D eigenvalue weighted by Crippen LogP contribution is 2.23. The first kappa shape index (κ1) is 16.0. The molecule has 0 unspecified atom stereocenters. The van der Waals surface area contributed by atoms with E-state index in [0.717, 1.165) is 25.7 Å². The minimum Gasteiger partial charge on any atom is -0.474 e. The highest BCUT2D eigenvalue weighted by molar-refractivity contribution is 5.94. The second-order valence-corrected chi connectivity index (χ2v) is 5.93. The lowest BCUT2D eigenvalue weighted by molar-refractivity contribution is 0.0890. The molecular formula is C19H19N3O2. The molecule has 0 aliphatic heterocycles. The van der Waals surface area contributed by atoms with E-state index in [4.69, 9.17) is 10.00 Å². The average Bonchev–Trinajstić information content (AvgIpc) is 2.64. The fourth-order valence-corrected chi connectivity index (χ4v) is 2.91. The first-order valence-electron chi connectivity index (χ1n) is 8.13. The average molecular weight is 321 g/mol. The van der Waals surface area contributed by atoms with Gasteiger partial charge in [-0.1, -0.05) is 12.1 Å². The van der Waals surface area contributed by atoms with Crippen molar-refractivity contribution >= 4 is 5.91 Å². The lowest BCUT2D eigenvalue weighted by Gasteiger charge is -2.29. The summed E-state index contributed by atoms with van der Waals surface area (Å²) in [7, 11) is 0. The van der Waals surface area contributed by atoms with Crippen LogP contribution >= 0.6 is 0 Å². The van der Waals surface area contributed by atoms with Gasteiger partial charge in [-0.3, -0.25) is 4.79 Å². The first-order chi connectivity index (χ1) is 11.7. The maximum absolute atomic E-state index is 12.3. The number of nitrogens with one attached hydrogen (secondary N) is 1. The van der Waals surface area contributed by atoms with E-state index in [9.17, 15) is 4.79 Å². The van der Waals surface area contributed by atoms with Crippen molar-refractivity contribution in [1.29, 1.82) is 5.26 Å². The molecule has 0 spiro atoms. The topological polar surface area (TPSA) is 75.0 Å². The molecule has 3 rings (SSSR count). The van der Waals surface area contributed by atoms with Gasteiger partial charge in [-0.2, -0.15) is 5.26 Å². The molecule has 5 heteroatoms. The summed E-state index contributed by atoms with van der Waals surface area (Å²) in [4.78, 5) is 16.5. The van der Waals surface area contributed by atoms with Crippen molar-refractivity contribution in [2.45, 2.75) is 37.8 Å². The summed E-state index contributed by atoms with van der Waals surface area (Å²) in [5.41, 5.74) is 1.02. The van der Waals surface area contributed by atoms with Crippen molar-refractivity contribution in [3.63, 3.8) is 0 Å². The molecule has 1 N–H and O–H groups in total. The number of hydrogen-bond acceptors (Lipinski definition) is 4. The van der Waals surface area contributed by atoms with Gasteiger partial charge in [0.1, 0.15) is 6.10 Å². The maximum Gasteiger partial charge on any atom is 0.251 e. The predicted octanol–water partition coefficient (Wildman–Crippen LogP) is 3.07. The molecule has 0 saturated heterocycles. The molecular weight excluding hydrogens is 302 g/mol. The number of hydrogen-bond donors (Lipinski definition) is 1. The number of nitrogens with zero attached hydrogens (tertiary/aromatic N) is 2. The Morgan fingerprint density at radius 3 is 2.71 bits per heavy atom. The van der Waals surface area contributed by atoms with Gasteiger partial charge >= 0.3 is 0 Å². The molecule has 1 amide bonds. The van der Waals surface area contributed by atoms with Crippen LogP contribution in [0.15, 0.2) is 48.7 Å². The zero-order valence-corrected chi connectivity index (χ0v) is 13.3. The number of nitriles is 1. The Balaban J connectivity index is 1.50. The van der Waals surface area contributed by atoms with Crippen molar-refractivity contribution in [2.24, 2.45) is 0 Å². The van der Waals surface area contributed by atoms with Gasteiger partial charge in [0.15, 0.2) is 0 Å². The summed E-state index contributed by atoms with van der Waals surface area (Å²) in [6.45, 7) is 0. The molecule has 0 radical (unpaired) electrons. The van der Waals surface area contributed by atoms with Crippen LogP contribution in [0.3, 0.4) is 0 Å². The highest BCUT2D eigenvalue weighted by atomic mass is 16.5. The smallest absolute Gasteiger partial charge is 0.251 e. The van der Waals surface area contributed by atoms with Crippen LogP contribution in [0, 0.1) is 11.3 Å². The molecule has 1 aliphatic carbocycles. The standard InChI is InChI=1S/C19H19N3O2/c20-13-14-4-3-5-15(12-14)19(23)22-16-7-9-17(10-8-16)24-18-6-1-2-11-21-18/h1-6,11-12,16-17H,7-10H2,(H,22,23). The predicted molar refractivity (Wildman–Crippen MR) is 89.5 cm³/mol. The van der Waals surface area contributed by atoms with E-state index in [1.54, 1.807) is 30.5 Å². The second kappa shape index (κ2) is 7.60. The molecule has 5 nitrogen and oxygen atoms in total. The van der Waals surface area contributed by atoms with Crippen LogP contribution in [-0.2, 0) is 0 Å². The Bertz CT molecular complexity index is 732. The molecule has 1 aliphatic rings. The fraction of sp³-hybridized carbons (Fsp3) is 0.316. The third-order valence-corrected chi connectivity index (χ3v) is 4.19. The molecule has 1 fully saturated rings. The SMILES string of the molecule is N#Cc1cccc(C(=O)NC2CCC(Oc3ccccn3)CC2)c1. The van der Waals surface area contributed by atoms with E-state index in [0.29, 0.717) is 17.0 Å². The molecule has 1 aromatic heterocycles. The zero-order chi connectivity index (χ0) is 16.8. The number of benzene rings is 1. The lowest BCUT2D eigenvalue weighted by atomic mass is 9.92. The van der Waals surface area contributed by atoms with Gasteiger partial charge in [0.25, 0.3) is 5.91 Å². The summed E-state index contributed by atoms with van der Waals surface area (Å²) in [5, 5.41) is 12.0. The zero-order valence-electron chi connectivity index (χ0n) is 13.3. The number of carbonyl (C=O) groups excluding carboxylic acids is 1. The van der Waals surface area contributed by atoms with E-state index >= 15 is 0 Å². The summed E-state index contributed by atoms with van der Waals surface area (Å²) < 4.78 is 5.86. The van der Waals surface area contributed by atoms with E-state index in [1.807, 2.05) is 18.2 Å². The number of ether oxygens (including phenoxy) is 1. The Kier molecular flexibility index (Phi) is 5.07. The van der Waals surface area contributed by atoms with Crippen LogP contribution in [0.2, 0.25) is 0 Å². The van der Waals surface area contributed by atoms with Crippen molar-refractivity contribution in [1.82, 2.24) is 10.3 Å². The van der Waals surface area contributed by atoms with Gasteiger partial charge in [-0.25, -0.2) is 4.98 Å². The van der Waals surface area contributed by atoms with Gasteiger partial charge in [0.2, 0.25) is 5.88 Å². The number of aromatic nitrogens is 1. The van der Waals surface area contributed by atoms with Crippen LogP contribution in [-0.4, -0.2) is 23.0 Å². The van der Waals surface area contributed by atoms with Crippen LogP contribution in [0.1, 0.15) is 41.6 Å². The molecule has 1 heterocycles. The minimum absolute atomic E-state index is 0.124. The van der Waals surface area contributed by atoms with Gasteiger partial charge in [0, 0.05) is 23.9 Å². The Labute approximate surface area is 141 Å². The Hall–Kier alpha value is -2.87. The van der Waals surface area contributed by atoms with Gasteiger partial charge in [-0.15, -0.1) is 0 Å². The van der Waals surface area contributed by atoms with Gasteiger partial charge in [0.05, 0.1) is 11.6 Å². The van der Waals surface area contributed by atoms with E-state index in [1.165, 1.54) is 0 Å². The molecule has 24 heavy (non-hydrogen) atoms. The molecule has 1 aromatic carbocycles. The number of rotatable bonds is 4. The summed E-state index contributed by atoms with van der Waals surface area (Å²) in [6, 6.07) is 14.6. The summed E-state index contributed by atoms with van der Waals surface area (Å²) in [5.74, 6) is 0.527. The van der Waals surface area contributed by atoms with E-state index in [-0.39, 0.29) is 18.1 Å². The monoisotopic (exact) mass is 321 g/mol. The molecule has 122 valence electrons. The normalized spacial score (nSPS) is 20.0. The van der Waals surface area contributed by atoms with Crippen LogP contribution in [0.4, 0.5) is 0 Å². The highest BCUT2D eigenvalue weighted by Gasteiger charge is 2.24. The van der Waals surface area contributed by atoms with E-state index in [2.05, 4.69) is 16.4 Å². The summed E-state index contributed by atoms with van der Waals surface area (Å²) >= 11 is 0. The fourth-order valence-electron chi connectivity index (χ4n) is 2.91. The van der Waals surface area contributed by atoms with Crippen molar-refractivity contribution in [2.75, 3.05) is 0 Å². The molecule has 0 bridgehead atoms. The number of amides is 1. The number of pyridine rings is 1. The molecule has 0 atom stereocenters. The third kappa shape index (κ3) is 4.11. The Morgan fingerprint density at radius 2 is 2.00 bits per heavy atom. The van der Waals surface area contributed by atoms with Crippen LogP contribution in [0.25, 0.3) is 0 Å². The van der Waals surface area contributed by atoms with Gasteiger partial charge in [-0.05, 0) is 49.9 Å². The maximum atomic E-state index is 12.3. The third-order valence-electron chi connectivity index (χ3n) is 4.19. The largest absolute Gasteiger partial charge is 0.474 e. The van der Waals surface area contributed by atoms with Crippen LogP contribution in [0.5, 0.6) is 5.88 Å². The Morgan fingerprint density at radius 1 is 1.17 bits per heavy atom. The van der Waals surface area contributed by atoms with E-state index < -0.39 is 0 Å². The van der Waals surface area contributed by atoms with Crippen molar-refractivity contribution in [3.8, 4) is 11.9 Å². The van der Waals surface area contributed by atoms with Crippen molar-refractivity contribution in [3.05, 3.63) is 59.8 Å². The van der Waals surface area contributed by atoms with Gasteiger partial charge < -0.3 is 10.1 Å². The lowest BCUT2D eigenvalue weighted by Crippen LogP contribution is -2.39. The number of carbonyl (C=O) groups is 1. The second-order valence-electron chi connectivity index (χ2n) is 5.93. The molecule has 2 aromatic rings.